The van der Waals surface area contributed by atoms with Crippen molar-refractivity contribution in [1.82, 2.24) is 0 Å². The quantitative estimate of drug-likeness (QED) is 0.456. The van der Waals surface area contributed by atoms with Gasteiger partial charge in [0.2, 0.25) is 0 Å². The van der Waals surface area contributed by atoms with Crippen molar-refractivity contribution in [2.24, 2.45) is 0 Å². The lowest BCUT2D eigenvalue weighted by atomic mass is 10.3. The van der Waals surface area contributed by atoms with Gasteiger partial charge < -0.3 is 9.47 Å². The standard InChI is InChI=1S/C15H17FO4/c1-11(2)8-9-19-14(17)6-7-15(18)20-13-5-3-4-12(16)10-13/h3-5,8,10H,6-7,9H2,1-2H3. The average Bonchev–Trinajstić information content (AvgIpc) is 2.36. The normalized spacial score (nSPS) is 9.75. The van der Waals surface area contributed by atoms with E-state index in [-0.39, 0.29) is 25.2 Å². The molecule has 0 aliphatic rings. The van der Waals surface area contributed by atoms with Gasteiger partial charge in [0.15, 0.2) is 0 Å². The highest BCUT2D eigenvalue weighted by Gasteiger charge is 2.10. The van der Waals surface area contributed by atoms with E-state index in [1.807, 2.05) is 13.8 Å². The summed E-state index contributed by atoms with van der Waals surface area (Å²) in [5.74, 6) is -1.45. The minimum atomic E-state index is -0.602. The van der Waals surface area contributed by atoms with Gasteiger partial charge in [-0.3, -0.25) is 9.59 Å². The molecule has 0 fully saturated rings. The molecule has 0 radical (unpaired) electrons. The van der Waals surface area contributed by atoms with Gasteiger partial charge in [-0.2, -0.15) is 0 Å². The van der Waals surface area contributed by atoms with E-state index in [2.05, 4.69) is 0 Å². The van der Waals surface area contributed by atoms with E-state index in [0.29, 0.717) is 0 Å². The van der Waals surface area contributed by atoms with Gasteiger partial charge in [0.1, 0.15) is 18.2 Å². The van der Waals surface area contributed by atoms with E-state index in [1.165, 1.54) is 18.2 Å². The first kappa shape index (κ1) is 15.9. The molecular weight excluding hydrogens is 263 g/mol. The minimum absolute atomic E-state index is 0.0647. The lowest BCUT2D eigenvalue weighted by Crippen LogP contribution is -2.12. The first-order chi connectivity index (χ1) is 9.47. The van der Waals surface area contributed by atoms with Crippen LogP contribution in [-0.2, 0) is 14.3 Å². The molecule has 0 aliphatic heterocycles. The van der Waals surface area contributed by atoms with E-state index >= 15 is 0 Å². The summed E-state index contributed by atoms with van der Waals surface area (Å²) in [7, 11) is 0. The fraction of sp³-hybridized carbons (Fsp3) is 0.333. The Hall–Kier alpha value is -2.17. The van der Waals surface area contributed by atoms with Crippen LogP contribution in [0.1, 0.15) is 26.7 Å². The molecular formula is C15H17FO4. The minimum Gasteiger partial charge on any atom is -0.461 e. The zero-order valence-corrected chi connectivity index (χ0v) is 11.5. The van der Waals surface area contributed by atoms with Crippen molar-refractivity contribution in [3.8, 4) is 5.75 Å². The van der Waals surface area contributed by atoms with E-state index in [4.69, 9.17) is 9.47 Å². The Morgan fingerprint density at radius 1 is 1.20 bits per heavy atom. The van der Waals surface area contributed by atoms with Crippen LogP contribution >= 0.6 is 0 Å². The molecule has 1 rings (SSSR count). The molecule has 0 saturated heterocycles. The lowest BCUT2D eigenvalue weighted by molar-refractivity contribution is -0.146. The highest BCUT2D eigenvalue weighted by molar-refractivity contribution is 5.79. The van der Waals surface area contributed by atoms with Crippen molar-refractivity contribution >= 4 is 11.9 Å². The SMILES string of the molecule is CC(C)=CCOC(=O)CCC(=O)Oc1cccc(F)c1. The Labute approximate surface area is 117 Å². The third kappa shape index (κ3) is 6.68. The Morgan fingerprint density at radius 2 is 1.90 bits per heavy atom. The maximum Gasteiger partial charge on any atom is 0.311 e. The predicted octanol–water partition coefficient (Wildman–Crippen LogP) is 3.02. The van der Waals surface area contributed by atoms with Crippen molar-refractivity contribution in [3.05, 3.63) is 41.7 Å². The zero-order chi connectivity index (χ0) is 15.0. The smallest absolute Gasteiger partial charge is 0.311 e. The van der Waals surface area contributed by atoms with Crippen LogP contribution in [0.5, 0.6) is 5.75 Å². The van der Waals surface area contributed by atoms with Gasteiger partial charge in [0.05, 0.1) is 12.8 Å². The van der Waals surface area contributed by atoms with Crippen LogP contribution in [0, 0.1) is 5.82 Å². The largest absolute Gasteiger partial charge is 0.461 e. The molecule has 0 unspecified atom stereocenters. The summed E-state index contributed by atoms with van der Waals surface area (Å²) in [5.41, 5.74) is 1.04. The number of esters is 2. The summed E-state index contributed by atoms with van der Waals surface area (Å²) in [6.45, 7) is 3.98. The van der Waals surface area contributed by atoms with Gasteiger partial charge >= 0.3 is 11.9 Å². The molecule has 0 saturated carbocycles. The van der Waals surface area contributed by atoms with Gasteiger partial charge in [-0.25, -0.2) is 4.39 Å². The molecule has 20 heavy (non-hydrogen) atoms. The molecule has 5 heteroatoms. The molecule has 0 bridgehead atoms. The summed E-state index contributed by atoms with van der Waals surface area (Å²) in [4.78, 5) is 22.8. The Balaban J connectivity index is 2.29. The number of halogens is 1. The molecule has 108 valence electrons. The van der Waals surface area contributed by atoms with Crippen LogP contribution < -0.4 is 4.74 Å². The third-order valence-corrected chi connectivity index (χ3v) is 2.30. The van der Waals surface area contributed by atoms with Crippen molar-refractivity contribution < 1.29 is 23.5 Å². The zero-order valence-electron chi connectivity index (χ0n) is 11.5. The number of carbonyl (C=O) groups is 2. The number of hydrogen-bond acceptors (Lipinski definition) is 4. The number of allylic oxidation sites excluding steroid dienone is 1. The maximum absolute atomic E-state index is 12.9. The summed E-state index contributed by atoms with van der Waals surface area (Å²) in [6, 6.07) is 5.25. The fourth-order valence-electron chi connectivity index (χ4n) is 1.29. The summed E-state index contributed by atoms with van der Waals surface area (Å²) < 4.78 is 22.6. The van der Waals surface area contributed by atoms with Gasteiger partial charge in [-0.1, -0.05) is 11.6 Å². The van der Waals surface area contributed by atoms with Gasteiger partial charge in [0, 0.05) is 6.07 Å². The number of carbonyl (C=O) groups excluding carboxylic acids is 2. The van der Waals surface area contributed by atoms with Crippen molar-refractivity contribution in [2.75, 3.05) is 6.61 Å². The van der Waals surface area contributed by atoms with E-state index in [9.17, 15) is 14.0 Å². The molecule has 1 aromatic carbocycles. The van der Waals surface area contributed by atoms with Crippen LogP contribution in [0.25, 0.3) is 0 Å². The van der Waals surface area contributed by atoms with Crippen LogP contribution in [-0.4, -0.2) is 18.5 Å². The fourth-order valence-corrected chi connectivity index (χ4v) is 1.29. The number of ether oxygens (including phenoxy) is 2. The monoisotopic (exact) mass is 280 g/mol. The highest BCUT2D eigenvalue weighted by Crippen LogP contribution is 2.13. The van der Waals surface area contributed by atoms with Crippen molar-refractivity contribution in [1.29, 1.82) is 0 Å². The molecule has 4 nitrogen and oxygen atoms in total. The molecule has 0 heterocycles. The Bertz CT molecular complexity index is 504. The second-order valence-corrected chi connectivity index (χ2v) is 4.40. The van der Waals surface area contributed by atoms with E-state index < -0.39 is 17.8 Å². The van der Waals surface area contributed by atoms with Crippen molar-refractivity contribution in [2.45, 2.75) is 26.7 Å². The molecule has 0 aliphatic carbocycles. The molecule has 1 aromatic rings. The van der Waals surface area contributed by atoms with Gasteiger partial charge in [-0.15, -0.1) is 0 Å². The predicted molar refractivity (Wildman–Crippen MR) is 71.7 cm³/mol. The lowest BCUT2D eigenvalue weighted by Gasteiger charge is -2.04. The maximum atomic E-state index is 12.9. The summed E-state index contributed by atoms with van der Waals surface area (Å²) in [6.07, 6.45) is 1.60. The van der Waals surface area contributed by atoms with Gasteiger partial charge in [0.25, 0.3) is 0 Å². The molecule has 0 aromatic heterocycles. The molecule has 0 amide bonds. The van der Waals surface area contributed by atoms with Crippen LogP contribution in [0.2, 0.25) is 0 Å². The Kier molecular flexibility index (Phi) is 6.43. The number of hydrogen-bond donors (Lipinski definition) is 0. The van der Waals surface area contributed by atoms with Crippen LogP contribution in [0.3, 0.4) is 0 Å². The first-order valence-electron chi connectivity index (χ1n) is 6.22. The second-order valence-electron chi connectivity index (χ2n) is 4.40. The second kappa shape index (κ2) is 8.09. The van der Waals surface area contributed by atoms with E-state index in [0.717, 1.165) is 11.6 Å². The van der Waals surface area contributed by atoms with E-state index in [1.54, 1.807) is 6.08 Å². The Morgan fingerprint density at radius 3 is 2.55 bits per heavy atom. The third-order valence-electron chi connectivity index (χ3n) is 2.30. The number of benzene rings is 1. The topological polar surface area (TPSA) is 52.6 Å². The summed E-state index contributed by atoms with van der Waals surface area (Å²) >= 11 is 0. The highest BCUT2D eigenvalue weighted by atomic mass is 19.1. The van der Waals surface area contributed by atoms with Gasteiger partial charge in [-0.05, 0) is 32.1 Å². The molecule has 0 N–H and O–H groups in total. The molecule has 0 spiro atoms. The van der Waals surface area contributed by atoms with Crippen molar-refractivity contribution in [3.63, 3.8) is 0 Å². The first-order valence-corrected chi connectivity index (χ1v) is 6.22. The van der Waals surface area contributed by atoms with Crippen LogP contribution in [0.4, 0.5) is 4.39 Å². The number of rotatable bonds is 6. The summed E-state index contributed by atoms with van der Waals surface area (Å²) in [5, 5.41) is 0. The average molecular weight is 280 g/mol. The van der Waals surface area contributed by atoms with Crippen LogP contribution in [0.15, 0.2) is 35.9 Å². The molecule has 0 atom stereocenters.